The Hall–Kier alpha value is -1.64. The van der Waals surface area contributed by atoms with Crippen LogP contribution in [0.3, 0.4) is 0 Å². The highest BCUT2D eigenvalue weighted by atomic mass is 16.5. The predicted molar refractivity (Wildman–Crippen MR) is 91.4 cm³/mol. The van der Waals surface area contributed by atoms with E-state index in [1.54, 1.807) is 0 Å². The normalized spacial score (nSPS) is 15.9. The molecule has 0 atom stereocenters. The molecule has 0 amide bonds. The molecule has 22 heavy (non-hydrogen) atoms. The summed E-state index contributed by atoms with van der Waals surface area (Å²) in [5.74, 6) is 0. The lowest BCUT2D eigenvalue weighted by molar-refractivity contribution is 0.0169. The van der Waals surface area contributed by atoms with Gasteiger partial charge >= 0.3 is 0 Å². The third kappa shape index (κ3) is 3.76. The molecule has 1 saturated carbocycles. The third-order valence-corrected chi connectivity index (χ3v) is 4.54. The molecular weight excluding hydrogens is 270 g/mol. The first-order valence-corrected chi connectivity index (χ1v) is 8.35. The van der Waals surface area contributed by atoms with Crippen molar-refractivity contribution in [2.24, 2.45) is 5.73 Å². The summed E-state index contributed by atoms with van der Waals surface area (Å²) in [7, 11) is 0. The van der Waals surface area contributed by atoms with Crippen molar-refractivity contribution in [2.45, 2.75) is 51.4 Å². The van der Waals surface area contributed by atoms with Crippen LogP contribution < -0.4 is 5.73 Å². The van der Waals surface area contributed by atoms with E-state index in [0.29, 0.717) is 12.6 Å². The van der Waals surface area contributed by atoms with Gasteiger partial charge in [-0.05, 0) is 35.1 Å². The number of hydrogen-bond donors (Lipinski definition) is 1. The number of ether oxygens (including phenoxy) is 1. The largest absolute Gasteiger partial charge is 0.374 e. The van der Waals surface area contributed by atoms with Crippen LogP contribution >= 0.6 is 0 Å². The molecule has 2 heteroatoms. The van der Waals surface area contributed by atoms with Gasteiger partial charge in [0.05, 0.1) is 12.7 Å². The van der Waals surface area contributed by atoms with Crippen molar-refractivity contribution in [3.05, 3.63) is 59.7 Å². The lowest BCUT2D eigenvalue weighted by atomic mass is 9.97. The predicted octanol–water partition coefficient (Wildman–Crippen LogP) is 4.66. The molecule has 2 aromatic rings. The van der Waals surface area contributed by atoms with Crippen molar-refractivity contribution >= 4 is 0 Å². The van der Waals surface area contributed by atoms with Crippen molar-refractivity contribution in [1.82, 2.24) is 0 Å². The molecule has 0 bridgehead atoms. The molecule has 1 aliphatic carbocycles. The summed E-state index contributed by atoms with van der Waals surface area (Å²) in [6.45, 7) is 1.30. The number of nitrogens with two attached hydrogens (primary N) is 1. The van der Waals surface area contributed by atoms with Gasteiger partial charge < -0.3 is 10.5 Å². The van der Waals surface area contributed by atoms with Gasteiger partial charge in [-0.3, -0.25) is 0 Å². The molecule has 0 radical (unpaired) electrons. The fourth-order valence-corrected chi connectivity index (χ4v) is 3.21. The zero-order valence-electron chi connectivity index (χ0n) is 13.1. The fraction of sp³-hybridized carbons (Fsp3) is 0.400. The molecule has 0 aromatic heterocycles. The standard InChI is InChI=1S/C20H25NO/c21-14-18-6-4-5-9-20(18)17-12-10-16(11-13-17)15-22-19-7-2-1-3-8-19/h4-6,9-13,19H,1-3,7-8,14-15,21H2. The SMILES string of the molecule is NCc1ccccc1-c1ccc(COC2CCCCC2)cc1. The van der Waals surface area contributed by atoms with Gasteiger partial charge in [-0.2, -0.15) is 0 Å². The summed E-state index contributed by atoms with van der Waals surface area (Å²) in [5, 5.41) is 0. The second kappa shape index (κ2) is 7.57. The molecule has 116 valence electrons. The van der Waals surface area contributed by atoms with Gasteiger partial charge in [0.15, 0.2) is 0 Å². The van der Waals surface area contributed by atoms with Crippen molar-refractivity contribution in [3.8, 4) is 11.1 Å². The summed E-state index contributed by atoms with van der Waals surface area (Å²) in [6.07, 6.45) is 6.92. The van der Waals surface area contributed by atoms with Crippen LogP contribution in [-0.4, -0.2) is 6.10 Å². The first kappa shape index (κ1) is 15.3. The maximum Gasteiger partial charge on any atom is 0.0720 e. The van der Waals surface area contributed by atoms with Gasteiger partial charge in [0.1, 0.15) is 0 Å². The van der Waals surface area contributed by atoms with Crippen LogP contribution in [0.25, 0.3) is 11.1 Å². The topological polar surface area (TPSA) is 35.2 Å². The Labute approximate surface area is 133 Å². The monoisotopic (exact) mass is 295 g/mol. The number of benzene rings is 2. The Morgan fingerprint density at radius 2 is 1.64 bits per heavy atom. The molecule has 2 aromatic carbocycles. The molecule has 2 nitrogen and oxygen atoms in total. The van der Waals surface area contributed by atoms with E-state index in [4.69, 9.17) is 10.5 Å². The van der Waals surface area contributed by atoms with Crippen LogP contribution in [0.4, 0.5) is 0 Å². The lowest BCUT2D eigenvalue weighted by Crippen LogP contribution is -2.16. The van der Waals surface area contributed by atoms with Crippen LogP contribution in [0.15, 0.2) is 48.5 Å². The Balaban J connectivity index is 1.64. The van der Waals surface area contributed by atoms with Gasteiger partial charge in [0.2, 0.25) is 0 Å². The van der Waals surface area contributed by atoms with E-state index < -0.39 is 0 Å². The van der Waals surface area contributed by atoms with Gasteiger partial charge in [0, 0.05) is 6.54 Å². The lowest BCUT2D eigenvalue weighted by Gasteiger charge is -2.22. The third-order valence-electron chi connectivity index (χ3n) is 4.54. The Morgan fingerprint density at radius 3 is 2.36 bits per heavy atom. The molecule has 0 spiro atoms. The Bertz CT molecular complexity index is 585. The molecule has 0 aliphatic heterocycles. The number of hydrogen-bond acceptors (Lipinski definition) is 2. The Morgan fingerprint density at radius 1 is 0.909 bits per heavy atom. The molecule has 0 heterocycles. The highest BCUT2D eigenvalue weighted by Crippen LogP contribution is 2.25. The molecule has 1 fully saturated rings. The van der Waals surface area contributed by atoms with Gasteiger partial charge in [0.25, 0.3) is 0 Å². The van der Waals surface area contributed by atoms with Crippen LogP contribution in [0.5, 0.6) is 0 Å². The fourth-order valence-electron chi connectivity index (χ4n) is 3.21. The average Bonchev–Trinajstić information content (AvgIpc) is 2.61. The zero-order chi connectivity index (χ0) is 15.2. The van der Waals surface area contributed by atoms with Crippen molar-refractivity contribution < 1.29 is 4.74 Å². The van der Waals surface area contributed by atoms with Crippen LogP contribution in [-0.2, 0) is 17.9 Å². The van der Waals surface area contributed by atoms with E-state index >= 15 is 0 Å². The molecule has 1 aliphatic rings. The molecule has 0 saturated heterocycles. The Kier molecular flexibility index (Phi) is 5.25. The molecule has 3 rings (SSSR count). The van der Waals surface area contributed by atoms with E-state index in [-0.39, 0.29) is 0 Å². The van der Waals surface area contributed by atoms with E-state index in [2.05, 4.69) is 42.5 Å². The van der Waals surface area contributed by atoms with Crippen LogP contribution in [0.2, 0.25) is 0 Å². The molecule has 2 N–H and O–H groups in total. The average molecular weight is 295 g/mol. The van der Waals surface area contributed by atoms with Crippen molar-refractivity contribution in [3.63, 3.8) is 0 Å². The smallest absolute Gasteiger partial charge is 0.0720 e. The van der Waals surface area contributed by atoms with E-state index in [0.717, 1.165) is 6.61 Å². The summed E-state index contributed by atoms with van der Waals surface area (Å²) in [6, 6.07) is 17.0. The van der Waals surface area contributed by atoms with Gasteiger partial charge in [-0.25, -0.2) is 0 Å². The van der Waals surface area contributed by atoms with Crippen LogP contribution in [0.1, 0.15) is 43.2 Å². The maximum absolute atomic E-state index is 6.04. The molecule has 0 unspecified atom stereocenters. The summed E-state index contributed by atoms with van der Waals surface area (Å²) < 4.78 is 6.04. The minimum atomic E-state index is 0.464. The summed E-state index contributed by atoms with van der Waals surface area (Å²) in [4.78, 5) is 0. The first-order chi connectivity index (χ1) is 10.9. The van der Waals surface area contributed by atoms with Crippen molar-refractivity contribution in [2.75, 3.05) is 0 Å². The van der Waals surface area contributed by atoms with Crippen LogP contribution in [0, 0.1) is 0 Å². The highest BCUT2D eigenvalue weighted by molar-refractivity contribution is 5.67. The van der Waals surface area contributed by atoms with Gasteiger partial charge in [-0.15, -0.1) is 0 Å². The minimum Gasteiger partial charge on any atom is -0.374 e. The first-order valence-electron chi connectivity index (χ1n) is 8.35. The van der Waals surface area contributed by atoms with Gasteiger partial charge in [-0.1, -0.05) is 67.8 Å². The maximum atomic E-state index is 6.04. The second-order valence-corrected chi connectivity index (χ2v) is 6.13. The minimum absolute atomic E-state index is 0.464. The number of rotatable bonds is 5. The van der Waals surface area contributed by atoms with Crippen molar-refractivity contribution in [1.29, 1.82) is 0 Å². The zero-order valence-corrected chi connectivity index (χ0v) is 13.1. The highest BCUT2D eigenvalue weighted by Gasteiger charge is 2.13. The summed E-state index contributed by atoms with van der Waals surface area (Å²) >= 11 is 0. The van der Waals surface area contributed by atoms with E-state index in [1.165, 1.54) is 54.4 Å². The van der Waals surface area contributed by atoms with E-state index in [1.807, 2.05) is 6.07 Å². The quantitative estimate of drug-likeness (QED) is 0.870. The second-order valence-electron chi connectivity index (χ2n) is 6.13. The summed E-state index contributed by atoms with van der Waals surface area (Å²) in [5.41, 5.74) is 10.7. The molecular formula is C20H25NO. The van der Waals surface area contributed by atoms with E-state index in [9.17, 15) is 0 Å².